The van der Waals surface area contributed by atoms with Crippen LogP contribution in [-0.2, 0) is 18.4 Å². The zero-order chi connectivity index (χ0) is 15.4. The number of amides is 1. The molecule has 0 bridgehead atoms. The number of hydrogen-bond acceptors (Lipinski definition) is 7. The van der Waals surface area contributed by atoms with Gasteiger partial charge in [-0.3, -0.25) is 9.59 Å². The Morgan fingerprint density at radius 1 is 1.62 bits per heavy atom. The van der Waals surface area contributed by atoms with Crippen molar-refractivity contribution in [1.29, 1.82) is 0 Å². The second kappa shape index (κ2) is 6.44. The van der Waals surface area contributed by atoms with Crippen molar-refractivity contribution < 1.29 is 14.3 Å². The van der Waals surface area contributed by atoms with Gasteiger partial charge in [0.05, 0.1) is 11.8 Å². The van der Waals surface area contributed by atoms with Gasteiger partial charge >= 0.3 is 0 Å². The first kappa shape index (κ1) is 15.1. The molecule has 112 valence electrons. The summed E-state index contributed by atoms with van der Waals surface area (Å²) >= 11 is 1.27. The number of aromatic nitrogens is 3. The third-order valence-electron chi connectivity index (χ3n) is 2.62. The second-order valence-corrected chi connectivity index (χ2v) is 5.61. The highest BCUT2D eigenvalue weighted by atomic mass is 32.2. The molecule has 0 aromatic carbocycles. The van der Waals surface area contributed by atoms with Gasteiger partial charge in [0, 0.05) is 13.1 Å². The summed E-state index contributed by atoms with van der Waals surface area (Å²) in [4.78, 5) is 23.2. The van der Waals surface area contributed by atoms with Crippen LogP contribution in [0.3, 0.4) is 0 Å². The lowest BCUT2D eigenvalue weighted by Gasteiger charge is -2.10. The lowest BCUT2D eigenvalue weighted by Crippen LogP contribution is -2.30. The third-order valence-corrected chi connectivity index (χ3v) is 3.77. The SMILES string of the molecule is CC(Sc1nncn1C)C(=O)NCc1cc(=O)c(O)co1. The highest BCUT2D eigenvalue weighted by Crippen LogP contribution is 2.19. The molecule has 0 aliphatic heterocycles. The average Bonchev–Trinajstić information content (AvgIpc) is 2.85. The Hall–Kier alpha value is -2.29. The summed E-state index contributed by atoms with van der Waals surface area (Å²) in [6.07, 6.45) is 2.50. The van der Waals surface area contributed by atoms with Crippen molar-refractivity contribution in [3.63, 3.8) is 0 Å². The van der Waals surface area contributed by atoms with Gasteiger partial charge < -0.3 is 19.4 Å². The van der Waals surface area contributed by atoms with Crippen LogP contribution >= 0.6 is 11.8 Å². The van der Waals surface area contributed by atoms with Crippen molar-refractivity contribution >= 4 is 17.7 Å². The average molecular weight is 310 g/mol. The highest BCUT2D eigenvalue weighted by molar-refractivity contribution is 8.00. The number of thioether (sulfide) groups is 1. The Bertz CT molecular complexity index is 697. The predicted octanol–water partition coefficient (Wildman–Crippen LogP) is 0.271. The first-order chi connectivity index (χ1) is 9.97. The topological polar surface area (TPSA) is 110 Å². The molecule has 2 N–H and O–H groups in total. The molecule has 0 radical (unpaired) electrons. The minimum Gasteiger partial charge on any atom is -0.502 e. The number of carbonyl (C=O) groups excluding carboxylic acids is 1. The van der Waals surface area contributed by atoms with Crippen LogP contribution in [0.4, 0.5) is 0 Å². The number of carbonyl (C=O) groups is 1. The molecule has 1 unspecified atom stereocenters. The summed E-state index contributed by atoms with van der Waals surface area (Å²) in [5.41, 5.74) is -0.549. The fraction of sp³-hybridized carbons (Fsp3) is 0.333. The van der Waals surface area contributed by atoms with Crippen molar-refractivity contribution in [2.24, 2.45) is 7.05 Å². The van der Waals surface area contributed by atoms with Crippen molar-refractivity contribution in [2.75, 3.05) is 0 Å². The van der Waals surface area contributed by atoms with Crippen LogP contribution in [0.15, 0.2) is 33.0 Å². The quantitative estimate of drug-likeness (QED) is 0.763. The van der Waals surface area contributed by atoms with Crippen LogP contribution < -0.4 is 10.7 Å². The van der Waals surface area contributed by atoms with Gasteiger partial charge in [-0.15, -0.1) is 10.2 Å². The van der Waals surface area contributed by atoms with E-state index in [-0.39, 0.29) is 23.5 Å². The zero-order valence-electron chi connectivity index (χ0n) is 11.4. The lowest BCUT2D eigenvalue weighted by molar-refractivity contribution is -0.120. The Balaban J connectivity index is 1.90. The summed E-state index contributed by atoms with van der Waals surface area (Å²) in [5, 5.41) is 19.6. The summed E-state index contributed by atoms with van der Waals surface area (Å²) < 4.78 is 6.71. The van der Waals surface area contributed by atoms with E-state index < -0.39 is 11.2 Å². The Kier molecular flexibility index (Phi) is 4.63. The van der Waals surface area contributed by atoms with E-state index in [0.717, 1.165) is 12.3 Å². The molecular weight excluding hydrogens is 296 g/mol. The molecule has 8 nitrogen and oxygen atoms in total. The first-order valence-electron chi connectivity index (χ1n) is 6.06. The Labute approximate surface area is 124 Å². The first-order valence-corrected chi connectivity index (χ1v) is 6.94. The van der Waals surface area contributed by atoms with Gasteiger partial charge in [-0.2, -0.15) is 0 Å². The van der Waals surface area contributed by atoms with Gasteiger partial charge in [0.2, 0.25) is 11.3 Å². The summed E-state index contributed by atoms with van der Waals surface area (Å²) in [6, 6.07) is 1.14. The van der Waals surface area contributed by atoms with Gasteiger partial charge in [-0.25, -0.2) is 0 Å². The maximum atomic E-state index is 11.9. The monoisotopic (exact) mass is 310 g/mol. The summed E-state index contributed by atoms with van der Waals surface area (Å²) in [7, 11) is 1.79. The van der Waals surface area contributed by atoms with Gasteiger partial charge in [0.15, 0.2) is 10.9 Å². The van der Waals surface area contributed by atoms with E-state index in [1.165, 1.54) is 11.8 Å². The zero-order valence-corrected chi connectivity index (χ0v) is 12.3. The highest BCUT2D eigenvalue weighted by Gasteiger charge is 2.17. The Morgan fingerprint density at radius 3 is 3.00 bits per heavy atom. The van der Waals surface area contributed by atoms with Gasteiger partial charge in [0.25, 0.3) is 0 Å². The molecule has 2 heterocycles. The minimum absolute atomic E-state index is 0.0675. The molecule has 0 spiro atoms. The molecule has 1 amide bonds. The number of aromatic hydroxyl groups is 1. The molecular formula is C12H14N4O4S. The number of aryl methyl sites for hydroxylation is 1. The molecule has 0 aliphatic carbocycles. The normalized spacial score (nSPS) is 12.1. The van der Waals surface area contributed by atoms with E-state index in [1.54, 1.807) is 24.9 Å². The van der Waals surface area contributed by atoms with Crippen LogP contribution in [0.25, 0.3) is 0 Å². The second-order valence-electron chi connectivity index (χ2n) is 4.30. The van der Waals surface area contributed by atoms with Crippen molar-refractivity contribution in [3.8, 4) is 5.75 Å². The number of rotatable bonds is 5. The van der Waals surface area contributed by atoms with Crippen LogP contribution in [0, 0.1) is 0 Å². The molecule has 9 heteroatoms. The van der Waals surface area contributed by atoms with Crippen molar-refractivity contribution in [1.82, 2.24) is 20.1 Å². The van der Waals surface area contributed by atoms with Crippen molar-refractivity contribution in [3.05, 3.63) is 34.6 Å². The van der Waals surface area contributed by atoms with E-state index in [1.807, 2.05) is 0 Å². The molecule has 0 aliphatic rings. The summed E-state index contributed by atoms with van der Waals surface area (Å²) in [6.45, 7) is 1.81. The van der Waals surface area contributed by atoms with Crippen molar-refractivity contribution in [2.45, 2.75) is 23.9 Å². The Morgan fingerprint density at radius 2 is 2.38 bits per heavy atom. The molecule has 0 saturated heterocycles. The molecule has 0 saturated carbocycles. The molecule has 2 rings (SSSR count). The molecule has 2 aromatic rings. The predicted molar refractivity (Wildman–Crippen MR) is 74.8 cm³/mol. The molecule has 0 fully saturated rings. The van der Waals surface area contributed by atoms with E-state index in [4.69, 9.17) is 9.52 Å². The van der Waals surface area contributed by atoms with Gasteiger partial charge in [-0.1, -0.05) is 11.8 Å². The maximum Gasteiger partial charge on any atom is 0.233 e. The fourth-order valence-corrected chi connectivity index (χ4v) is 2.26. The number of hydrogen-bond donors (Lipinski definition) is 2. The van der Waals surface area contributed by atoms with Crippen LogP contribution in [0.5, 0.6) is 5.75 Å². The smallest absolute Gasteiger partial charge is 0.233 e. The molecule has 1 atom stereocenters. The molecule has 2 aromatic heterocycles. The number of nitrogens with zero attached hydrogens (tertiary/aromatic N) is 3. The standard InChI is InChI=1S/C12H14N4O4S/c1-7(21-12-15-14-6-16(12)2)11(19)13-4-8-3-9(17)10(18)5-20-8/h3,5-7,18H,4H2,1-2H3,(H,13,19). The van der Waals surface area contributed by atoms with Crippen LogP contribution in [0.1, 0.15) is 12.7 Å². The van der Waals surface area contributed by atoms with E-state index in [2.05, 4.69) is 15.5 Å². The van der Waals surface area contributed by atoms with Gasteiger partial charge in [-0.05, 0) is 6.92 Å². The molecule has 21 heavy (non-hydrogen) atoms. The van der Waals surface area contributed by atoms with Crippen LogP contribution in [0.2, 0.25) is 0 Å². The third kappa shape index (κ3) is 3.85. The van der Waals surface area contributed by atoms with Crippen LogP contribution in [-0.4, -0.2) is 31.0 Å². The van der Waals surface area contributed by atoms with E-state index in [0.29, 0.717) is 5.16 Å². The maximum absolute atomic E-state index is 11.9. The van der Waals surface area contributed by atoms with E-state index >= 15 is 0 Å². The number of nitrogens with one attached hydrogen (secondary N) is 1. The fourth-order valence-electron chi connectivity index (χ4n) is 1.45. The van der Waals surface area contributed by atoms with Gasteiger partial charge in [0.1, 0.15) is 18.4 Å². The minimum atomic E-state index is -0.549. The van der Waals surface area contributed by atoms with E-state index in [9.17, 15) is 9.59 Å². The lowest BCUT2D eigenvalue weighted by atomic mass is 10.3. The largest absolute Gasteiger partial charge is 0.502 e. The summed E-state index contributed by atoms with van der Waals surface area (Å²) in [5.74, 6) is -0.419.